The highest BCUT2D eigenvalue weighted by Gasteiger charge is 2.18. The van der Waals surface area contributed by atoms with Crippen molar-refractivity contribution >= 4 is 17.6 Å². The Labute approximate surface area is 143 Å². The van der Waals surface area contributed by atoms with Crippen LogP contribution in [0.5, 0.6) is 0 Å². The Morgan fingerprint density at radius 1 is 0.917 bits per heavy atom. The molecular formula is C22H22O2. The Morgan fingerprint density at radius 3 is 2.17 bits per heavy atom. The number of rotatable bonds is 8. The lowest BCUT2D eigenvalue weighted by Crippen LogP contribution is -2.13. The summed E-state index contributed by atoms with van der Waals surface area (Å²) < 4.78 is 0. The first kappa shape index (κ1) is 17.6. The van der Waals surface area contributed by atoms with E-state index in [0.717, 1.165) is 18.4 Å². The molecule has 2 heteroatoms. The van der Waals surface area contributed by atoms with Gasteiger partial charge >= 0.3 is 0 Å². The van der Waals surface area contributed by atoms with Crippen molar-refractivity contribution in [2.75, 3.05) is 0 Å². The molecule has 2 nitrogen and oxygen atoms in total. The molecule has 0 amide bonds. The standard InChI is InChI=1S/C22H22O2/c1-2-3-17-21(23)20(22(24)19-14-8-5-9-15-19)16-10-13-18-11-6-4-7-12-18/h4-16H,2-3,17H2,1H3/b13-10+,20-16-. The molecule has 2 aromatic carbocycles. The second-order valence-corrected chi connectivity index (χ2v) is 5.57. The average Bonchev–Trinajstić information content (AvgIpc) is 2.64. The first-order valence-corrected chi connectivity index (χ1v) is 8.28. The number of carbonyl (C=O) groups excluding carboxylic acids is 2. The van der Waals surface area contributed by atoms with Gasteiger partial charge in [0.15, 0.2) is 11.6 Å². The number of ketones is 2. The molecule has 0 bridgehead atoms. The first-order valence-electron chi connectivity index (χ1n) is 8.28. The minimum Gasteiger partial charge on any atom is -0.294 e. The number of unbranched alkanes of at least 4 members (excludes halogenated alkanes) is 1. The van der Waals surface area contributed by atoms with Crippen molar-refractivity contribution in [1.82, 2.24) is 0 Å². The summed E-state index contributed by atoms with van der Waals surface area (Å²) in [7, 11) is 0. The van der Waals surface area contributed by atoms with Crippen molar-refractivity contribution in [3.05, 3.63) is 89.5 Å². The van der Waals surface area contributed by atoms with Gasteiger partial charge < -0.3 is 0 Å². The highest BCUT2D eigenvalue weighted by Crippen LogP contribution is 2.13. The van der Waals surface area contributed by atoms with Crippen LogP contribution >= 0.6 is 0 Å². The molecule has 0 aliphatic heterocycles. The zero-order valence-electron chi connectivity index (χ0n) is 13.9. The summed E-state index contributed by atoms with van der Waals surface area (Å²) in [5, 5.41) is 0. The highest BCUT2D eigenvalue weighted by molar-refractivity contribution is 6.26. The van der Waals surface area contributed by atoms with E-state index >= 15 is 0 Å². The Morgan fingerprint density at radius 2 is 1.54 bits per heavy atom. The number of carbonyl (C=O) groups is 2. The Kier molecular flexibility index (Phi) is 6.91. The molecule has 0 saturated carbocycles. The van der Waals surface area contributed by atoms with Crippen LogP contribution in [0.3, 0.4) is 0 Å². The molecule has 0 unspecified atom stereocenters. The van der Waals surface area contributed by atoms with Gasteiger partial charge in [-0.25, -0.2) is 0 Å². The predicted octanol–water partition coefficient (Wildman–Crippen LogP) is 5.27. The Balaban J connectivity index is 2.25. The average molecular weight is 318 g/mol. The first-order chi connectivity index (χ1) is 11.7. The van der Waals surface area contributed by atoms with Gasteiger partial charge in [-0.2, -0.15) is 0 Å². The maximum atomic E-state index is 12.7. The number of allylic oxidation sites excluding steroid dienone is 3. The van der Waals surface area contributed by atoms with Crippen LogP contribution in [0.15, 0.2) is 78.4 Å². The third-order valence-electron chi connectivity index (χ3n) is 3.69. The van der Waals surface area contributed by atoms with E-state index in [-0.39, 0.29) is 17.1 Å². The van der Waals surface area contributed by atoms with E-state index in [9.17, 15) is 9.59 Å². The van der Waals surface area contributed by atoms with Gasteiger partial charge in [-0.3, -0.25) is 9.59 Å². The summed E-state index contributed by atoms with van der Waals surface area (Å²) >= 11 is 0. The van der Waals surface area contributed by atoms with Gasteiger partial charge in [0.05, 0.1) is 5.57 Å². The molecule has 0 spiro atoms. The van der Waals surface area contributed by atoms with E-state index in [1.54, 1.807) is 36.4 Å². The van der Waals surface area contributed by atoms with Gasteiger partial charge in [0.2, 0.25) is 0 Å². The molecule has 0 fully saturated rings. The molecule has 2 aromatic rings. The molecule has 24 heavy (non-hydrogen) atoms. The normalized spacial score (nSPS) is 11.6. The van der Waals surface area contributed by atoms with E-state index in [1.807, 2.05) is 49.4 Å². The second-order valence-electron chi connectivity index (χ2n) is 5.57. The van der Waals surface area contributed by atoms with Gasteiger partial charge in [0.25, 0.3) is 0 Å². The molecular weight excluding hydrogens is 296 g/mol. The fraction of sp³-hybridized carbons (Fsp3) is 0.182. The van der Waals surface area contributed by atoms with Crippen LogP contribution in [0.2, 0.25) is 0 Å². The molecule has 122 valence electrons. The maximum Gasteiger partial charge on any atom is 0.196 e. The van der Waals surface area contributed by atoms with Crippen LogP contribution in [0.25, 0.3) is 6.08 Å². The van der Waals surface area contributed by atoms with Crippen molar-refractivity contribution in [3.8, 4) is 0 Å². The van der Waals surface area contributed by atoms with Crippen LogP contribution in [-0.4, -0.2) is 11.6 Å². The number of benzene rings is 2. The molecule has 0 aromatic heterocycles. The summed E-state index contributed by atoms with van der Waals surface area (Å²) in [5.74, 6) is -0.308. The molecule has 0 aliphatic carbocycles. The van der Waals surface area contributed by atoms with E-state index in [4.69, 9.17) is 0 Å². The van der Waals surface area contributed by atoms with Crippen LogP contribution in [0.1, 0.15) is 42.1 Å². The van der Waals surface area contributed by atoms with Crippen molar-refractivity contribution in [1.29, 1.82) is 0 Å². The third kappa shape index (κ3) is 5.17. The lowest BCUT2D eigenvalue weighted by Gasteiger charge is -2.05. The SMILES string of the molecule is CCCCC(=O)/C(=C/C=C/c1ccccc1)C(=O)c1ccccc1. The highest BCUT2D eigenvalue weighted by atomic mass is 16.1. The zero-order valence-corrected chi connectivity index (χ0v) is 13.9. The van der Waals surface area contributed by atoms with Gasteiger partial charge in [0, 0.05) is 12.0 Å². The maximum absolute atomic E-state index is 12.7. The molecule has 0 radical (unpaired) electrons. The molecule has 0 N–H and O–H groups in total. The summed E-state index contributed by atoms with van der Waals surface area (Å²) in [6, 6.07) is 18.7. The number of Topliss-reactive ketones (excluding diaryl/α,β-unsaturated/α-hetero) is 2. The summed E-state index contributed by atoms with van der Waals surface area (Å²) in [4.78, 5) is 25.1. The van der Waals surface area contributed by atoms with E-state index < -0.39 is 0 Å². The molecule has 0 heterocycles. The van der Waals surface area contributed by atoms with E-state index in [1.165, 1.54) is 0 Å². The Bertz CT molecular complexity index is 725. The van der Waals surface area contributed by atoms with Gasteiger partial charge in [0.1, 0.15) is 0 Å². The quantitative estimate of drug-likeness (QED) is 0.218. The summed E-state index contributed by atoms with van der Waals surface area (Å²) in [6.45, 7) is 2.03. The lowest BCUT2D eigenvalue weighted by atomic mass is 9.96. The van der Waals surface area contributed by atoms with E-state index in [0.29, 0.717) is 12.0 Å². The van der Waals surface area contributed by atoms with Crippen LogP contribution < -0.4 is 0 Å². The van der Waals surface area contributed by atoms with Crippen molar-refractivity contribution in [2.24, 2.45) is 0 Å². The molecule has 0 aliphatic rings. The minimum atomic E-state index is -0.214. The fourth-order valence-corrected chi connectivity index (χ4v) is 2.33. The van der Waals surface area contributed by atoms with Crippen molar-refractivity contribution in [3.63, 3.8) is 0 Å². The van der Waals surface area contributed by atoms with Crippen LogP contribution in [0, 0.1) is 0 Å². The predicted molar refractivity (Wildman–Crippen MR) is 98.9 cm³/mol. The fourth-order valence-electron chi connectivity index (χ4n) is 2.33. The zero-order chi connectivity index (χ0) is 17.2. The second kappa shape index (κ2) is 9.41. The topological polar surface area (TPSA) is 34.1 Å². The summed E-state index contributed by atoms with van der Waals surface area (Å²) in [5.41, 5.74) is 1.82. The molecule has 2 rings (SSSR count). The number of hydrogen-bond acceptors (Lipinski definition) is 2. The third-order valence-corrected chi connectivity index (χ3v) is 3.69. The Hall–Kier alpha value is -2.74. The largest absolute Gasteiger partial charge is 0.294 e. The van der Waals surface area contributed by atoms with Crippen LogP contribution in [-0.2, 0) is 4.79 Å². The van der Waals surface area contributed by atoms with Crippen molar-refractivity contribution < 1.29 is 9.59 Å². The van der Waals surface area contributed by atoms with Gasteiger partial charge in [-0.1, -0.05) is 86.2 Å². The summed E-state index contributed by atoms with van der Waals surface area (Å²) in [6.07, 6.45) is 7.43. The minimum absolute atomic E-state index is 0.0941. The van der Waals surface area contributed by atoms with Gasteiger partial charge in [-0.05, 0) is 18.1 Å². The number of hydrogen-bond donors (Lipinski definition) is 0. The van der Waals surface area contributed by atoms with Crippen LogP contribution in [0.4, 0.5) is 0 Å². The monoisotopic (exact) mass is 318 g/mol. The lowest BCUT2D eigenvalue weighted by molar-refractivity contribution is -0.115. The van der Waals surface area contributed by atoms with E-state index in [2.05, 4.69) is 0 Å². The molecule has 0 atom stereocenters. The molecule has 0 saturated heterocycles. The van der Waals surface area contributed by atoms with Gasteiger partial charge in [-0.15, -0.1) is 0 Å². The van der Waals surface area contributed by atoms with Crippen molar-refractivity contribution in [2.45, 2.75) is 26.2 Å². The smallest absolute Gasteiger partial charge is 0.196 e.